The van der Waals surface area contributed by atoms with E-state index in [0.717, 1.165) is 31.9 Å². The quantitative estimate of drug-likeness (QED) is 0.773. The van der Waals surface area contributed by atoms with Crippen LogP contribution in [0.3, 0.4) is 0 Å². The van der Waals surface area contributed by atoms with Crippen molar-refractivity contribution in [2.24, 2.45) is 0 Å². The van der Waals surface area contributed by atoms with Crippen molar-refractivity contribution in [2.75, 3.05) is 13.2 Å². The lowest BCUT2D eigenvalue weighted by Crippen LogP contribution is -2.16. The predicted octanol–water partition coefficient (Wildman–Crippen LogP) is 2.12. The highest BCUT2D eigenvalue weighted by Gasteiger charge is 2.11. The van der Waals surface area contributed by atoms with Gasteiger partial charge in [0.1, 0.15) is 12.4 Å². The third kappa shape index (κ3) is 1.90. The molecule has 0 fully saturated rings. The minimum absolute atomic E-state index is 0.785. The fourth-order valence-corrected chi connectivity index (χ4v) is 1.88. The van der Waals surface area contributed by atoms with Crippen molar-refractivity contribution < 1.29 is 4.74 Å². The number of para-hydroxylation sites is 1. The fraction of sp³-hybridized carbons (Fsp3) is 0.500. The maximum absolute atomic E-state index is 5.77. The molecular weight excluding hydrogens is 174 g/mol. The second kappa shape index (κ2) is 4.47. The molecule has 2 rings (SSSR count). The van der Waals surface area contributed by atoms with Gasteiger partial charge in [0.25, 0.3) is 0 Å². The topological polar surface area (TPSA) is 21.3 Å². The number of rotatable bonds is 2. The molecule has 0 aliphatic carbocycles. The minimum Gasteiger partial charge on any atom is -0.492 e. The highest BCUT2D eigenvalue weighted by Crippen LogP contribution is 2.26. The Hall–Kier alpha value is -1.02. The van der Waals surface area contributed by atoms with E-state index in [9.17, 15) is 0 Å². The summed E-state index contributed by atoms with van der Waals surface area (Å²) in [5, 5.41) is 3.35. The van der Waals surface area contributed by atoms with E-state index in [-0.39, 0.29) is 0 Å². The Morgan fingerprint density at radius 1 is 1.43 bits per heavy atom. The van der Waals surface area contributed by atoms with E-state index < -0.39 is 0 Å². The molecule has 1 heterocycles. The third-order valence-electron chi connectivity index (χ3n) is 2.54. The Labute approximate surface area is 85.3 Å². The van der Waals surface area contributed by atoms with Crippen molar-refractivity contribution >= 4 is 0 Å². The summed E-state index contributed by atoms with van der Waals surface area (Å²) >= 11 is 0. The molecule has 0 atom stereocenters. The van der Waals surface area contributed by atoms with Crippen molar-refractivity contribution in [2.45, 2.75) is 26.3 Å². The molecule has 0 amide bonds. The van der Waals surface area contributed by atoms with Crippen LogP contribution in [0.2, 0.25) is 0 Å². The smallest absolute Gasteiger partial charge is 0.127 e. The second-order valence-corrected chi connectivity index (χ2v) is 3.68. The van der Waals surface area contributed by atoms with E-state index in [1.165, 1.54) is 17.5 Å². The Kier molecular flexibility index (Phi) is 3.04. The number of hydrogen-bond acceptors (Lipinski definition) is 2. The van der Waals surface area contributed by atoms with Gasteiger partial charge in [-0.15, -0.1) is 0 Å². The Morgan fingerprint density at radius 2 is 2.36 bits per heavy atom. The maximum Gasteiger partial charge on any atom is 0.127 e. The molecule has 0 radical (unpaired) electrons. The van der Waals surface area contributed by atoms with E-state index >= 15 is 0 Å². The largest absolute Gasteiger partial charge is 0.492 e. The van der Waals surface area contributed by atoms with Gasteiger partial charge in [-0.1, -0.05) is 31.5 Å². The van der Waals surface area contributed by atoms with Gasteiger partial charge < -0.3 is 10.1 Å². The van der Waals surface area contributed by atoms with Gasteiger partial charge in [0.05, 0.1) is 0 Å². The predicted molar refractivity (Wildman–Crippen MR) is 57.6 cm³/mol. The lowest BCUT2D eigenvalue weighted by molar-refractivity contribution is 0.322. The molecule has 0 saturated carbocycles. The van der Waals surface area contributed by atoms with Crippen molar-refractivity contribution in [3.8, 4) is 5.75 Å². The number of aryl methyl sites for hydroxylation is 1. The molecule has 2 heteroatoms. The normalized spacial score (nSPS) is 15.5. The van der Waals surface area contributed by atoms with Crippen LogP contribution in [0.5, 0.6) is 5.75 Å². The molecule has 0 unspecified atom stereocenters. The molecule has 1 aliphatic rings. The lowest BCUT2D eigenvalue weighted by atomic mass is 10.0. The van der Waals surface area contributed by atoms with Crippen LogP contribution in [0.4, 0.5) is 0 Å². The van der Waals surface area contributed by atoms with E-state index in [4.69, 9.17) is 4.74 Å². The molecule has 1 aromatic rings. The van der Waals surface area contributed by atoms with E-state index in [1.54, 1.807) is 0 Å². The molecule has 76 valence electrons. The SMILES string of the molecule is CCCc1cccc2c1OCCNC2. The average molecular weight is 191 g/mol. The van der Waals surface area contributed by atoms with Crippen LogP contribution in [-0.2, 0) is 13.0 Å². The monoisotopic (exact) mass is 191 g/mol. The van der Waals surface area contributed by atoms with E-state index in [1.807, 2.05) is 0 Å². The zero-order valence-electron chi connectivity index (χ0n) is 8.68. The Bertz CT molecular complexity index is 309. The van der Waals surface area contributed by atoms with Crippen LogP contribution in [0, 0.1) is 0 Å². The first kappa shape index (κ1) is 9.53. The summed E-state index contributed by atoms with van der Waals surface area (Å²) in [6.45, 7) is 4.87. The number of hydrogen-bond donors (Lipinski definition) is 1. The van der Waals surface area contributed by atoms with Gasteiger partial charge in [-0.3, -0.25) is 0 Å². The van der Waals surface area contributed by atoms with Gasteiger partial charge in [0, 0.05) is 18.7 Å². The summed E-state index contributed by atoms with van der Waals surface area (Å²) in [4.78, 5) is 0. The average Bonchev–Trinajstić information content (AvgIpc) is 2.44. The van der Waals surface area contributed by atoms with E-state index in [0.29, 0.717) is 0 Å². The summed E-state index contributed by atoms with van der Waals surface area (Å²) in [6.07, 6.45) is 2.29. The van der Waals surface area contributed by atoms with Crippen molar-refractivity contribution in [1.82, 2.24) is 5.32 Å². The van der Waals surface area contributed by atoms with Crippen LogP contribution in [-0.4, -0.2) is 13.2 Å². The van der Waals surface area contributed by atoms with Crippen LogP contribution >= 0.6 is 0 Å². The third-order valence-corrected chi connectivity index (χ3v) is 2.54. The number of fused-ring (bicyclic) bond motifs is 1. The first-order valence-electron chi connectivity index (χ1n) is 5.36. The molecule has 1 N–H and O–H groups in total. The molecular formula is C12H17NO. The number of benzene rings is 1. The highest BCUT2D eigenvalue weighted by atomic mass is 16.5. The lowest BCUT2D eigenvalue weighted by Gasteiger charge is -2.11. The van der Waals surface area contributed by atoms with Gasteiger partial charge in [-0.2, -0.15) is 0 Å². The molecule has 0 saturated heterocycles. The maximum atomic E-state index is 5.77. The summed E-state index contributed by atoms with van der Waals surface area (Å²) < 4.78 is 5.77. The minimum atomic E-state index is 0.785. The second-order valence-electron chi connectivity index (χ2n) is 3.68. The van der Waals surface area contributed by atoms with Gasteiger partial charge in [-0.05, 0) is 12.0 Å². The van der Waals surface area contributed by atoms with Crippen LogP contribution in [0.1, 0.15) is 24.5 Å². The van der Waals surface area contributed by atoms with Crippen molar-refractivity contribution in [1.29, 1.82) is 0 Å². The fourth-order valence-electron chi connectivity index (χ4n) is 1.88. The molecule has 1 aromatic carbocycles. The molecule has 0 bridgehead atoms. The number of ether oxygens (including phenoxy) is 1. The van der Waals surface area contributed by atoms with Crippen LogP contribution < -0.4 is 10.1 Å². The molecule has 0 spiro atoms. The highest BCUT2D eigenvalue weighted by molar-refractivity contribution is 5.42. The van der Waals surface area contributed by atoms with Gasteiger partial charge in [0.2, 0.25) is 0 Å². The van der Waals surface area contributed by atoms with Crippen molar-refractivity contribution in [3.05, 3.63) is 29.3 Å². The van der Waals surface area contributed by atoms with E-state index in [2.05, 4.69) is 30.4 Å². The standard InChI is InChI=1S/C12H17NO/c1-2-4-10-5-3-6-11-9-13-7-8-14-12(10)11/h3,5-6,13H,2,4,7-9H2,1H3. The Morgan fingerprint density at radius 3 is 3.21 bits per heavy atom. The molecule has 2 nitrogen and oxygen atoms in total. The van der Waals surface area contributed by atoms with Gasteiger partial charge >= 0.3 is 0 Å². The van der Waals surface area contributed by atoms with Gasteiger partial charge in [0.15, 0.2) is 0 Å². The summed E-state index contributed by atoms with van der Waals surface area (Å²) in [5.41, 5.74) is 2.65. The zero-order valence-corrected chi connectivity index (χ0v) is 8.68. The molecule has 14 heavy (non-hydrogen) atoms. The van der Waals surface area contributed by atoms with Gasteiger partial charge in [-0.25, -0.2) is 0 Å². The molecule has 0 aromatic heterocycles. The first-order chi connectivity index (χ1) is 6.92. The van der Waals surface area contributed by atoms with Crippen molar-refractivity contribution in [3.63, 3.8) is 0 Å². The zero-order chi connectivity index (χ0) is 9.80. The first-order valence-corrected chi connectivity index (χ1v) is 5.36. The summed E-state index contributed by atoms with van der Waals surface area (Å²) in [7, 11) is 0. The summed E-state index contributed by atoms with van der Waals surface area (Å²) in [5.74, 6) is 1.12. The van der Waals surface area contributed by atoms with Crippen LogP contribution in [0.25, 0.3) is 0 Å². The van der Waals surface area contributed by atoms with Crippen LogP contribution in [0.15, 0.2) is 18.2 Å². The molecule has 1 aliphatic heterocycles. The summed E-state index contributed by atoms with van der Waals surface area (Å²) in [6, 6.07) is 6.45. The number of nitrogens with one attached hydrogen (secondary N) is 1. The Balaban J connectivity index is 2.32.